The Morgan fingerprint density at radius 3 is 1.07 bits per heavy atom. The summed E-state index contributed by atoms with van der Waals surface area (Å²) in [7, 11) is 0. The van der Waals surface area contributed by atoms with Crippen molar-refractivity contribution in [3.63, 3.8) is 0 Å². The van der Waals surface area contributed by atoms with Crippen LogP contribution in [0, 0.1) is 0 Å². The number of para-hydroxylation sites is 3. The fraction of sp³-hybridized carbons (Fsp3) is 0.161. The van der Waals surface area contributed by atoms with Crippen molar-refractivity contribution in [1.82, 2.24) is 0 Å². The maximum absolute atomic E-state index is 7.23. The molecule has 13 aromatic carbocycles. The van der Waals surface area contributed by atoms with Crippen LogP contribution in [-0.4, -0.2) is 0 Å². The summed E-state index contributed by atoms with van der Waals surface area (Å²) < 4.78 is 21.5. The number of nitrogens with zero attached hydrogens (tertiary/aromatic N) is 1. The third-order valence-electron chi connectivity index (χ3n) is 24.1. The molecular weight excluding hydrogens is 1180 g/mol. The van der Waals surface area contributed by atoms with Gasteiger partial charge in [-0.1, -0.05) is 245 Å². The molecule has 5 aliphatic rings. The molecule has 0 radical (unpaired) electrons. The number of furan rings is 3. The van der Waals surface area contributed by atoms with E-state index in [9.17, 15) is 0 Å². The van der Waals surface area contributed by atoms with Crippen LogP contribution in [0.4, 0.5) is 17.1 Å². The SMILES string of the molecule is CC1(C)c2cc(N(c3ccc4c(c3)C(C)(C)c3c5c(c6c(oc7ccccc76)c3-4)-c3ccccc3C5(C)C)c3ccc4c(c3)C(C)(C)c3c5c(c6oc7ccccc7c6c3-4)-c3ccccc3C5(C)C)ccc2-c2c1cc(-c1ccccc1-c1ccccc1)c1oc3ccccc3c21. The van der Waals surface area contributed by atoms with Crippen molar-refractivity contribution in [1.29, 1.82) is 0 Å². The number of fused-ring (bicyclic) bond motifs is 31. The summed E-state index contributed by atoms with van der Waals surface area (Å²) in [4.78, 5) is 2.58. The minimum atomic E-state index is -0.426. The predicted molar refractivity (Wildman–Crippen MR) is 402 cm³/mol. The van der Waals surface area contributed by atoms with Gasteiger partial charge in [0.2, 0.25) is 0 Å². The Morgan fingerprint density at radius 1 is 0.237 bits per heavy atom. The lowest BCUT2D eigenvalue weighted by Crippen LogP contribution is -2.24. The first-order valence-electron chi connectivity index (χ1n) is 34.6. The zero-order chi connectivity index (χ0) is 65.3. The highest BCUT2D eigenvalue weighted by Crippen LogP contribution is 2.67. The van der Waals surface area contributed by atoms with Gasteiger partial charge in [0.15, 0.2) is 0 Å². The van der Waals surface area contributed by atoms with Crippen LogP contribution in [0.3, 0.4) is 0 Å². The highest BCUT2D eigenvalue weighted by atomic mass is 16.3. The molecular formula is C93H69NO3. The van der Waals surface area contributed by atoms with E-state index in [1.165, 1.54) is 133 Å². The fourth-order valence-corrected chi connectivity index (χ4v) is 19.8. The lowest BCUT2D eigenvalue weighted by atomic mass is 9.72. The van der Waals surface area contributed by atoms with Gasteiger partial charge in [0.1, 0.15) is 33.5 Å². The van der Waals surface area contributed by atoms with Crippen LogP contribution in [-0.2, 0) is 27.1 Å². The smallest absolute Gasteiger partial charge is 0.144 e. The maximum atomic E-state index is 7.23. The molecule has 4 heteroatoms. The Labute approximate surface area is 564 Å². The molecule has 16 aromatic rings. The molecule has 0 atom stereocenters. The van der Waals surface area contributed by atoms with Crippen molar-refractivity contribution in [2.75, 3.05) is 4.90 Å². The van der Waals surface area contributed by atoms with Crippen molar-refractivity contribution in [2.24, 2.45) is 0 Å². The Morgan fingerprint density at radius 2 is 0.577 bits per heavy atom. The topological polar surface area (TPSA) is 42.7 Å². The average Bonchev–Trinajstić information content (AvgIpc) is 1.51. The van der Waals surface area contributed by atoms with Crippen molar-refractivity contribution in [3.05, 3.63) is 292 Å². The van der Waals surface area contributed by atoms with Gasteiger partial charge < -0.3 is 18.2 Å². The Kier molecular flexibility index (Phi) is 10.5. The molecule has 0 amide bonds. The zero-order valence-corrected chi connectivity index (χ0v) is 56.2. The lowest BCUT2D eigenvalue weighted by molar-refractivity contribution is 0.600. The standard InChI is InChI=1S/C93H69NO3/c1-89(2)67-46-51(40-43-58(67)74-70(89)49-64(86-77(74)61-32-18-23-37-71(61)95-86)55-29-15-14-28-54(55)50-26-12-11-13-27-50)94(52-41-44-59-68(47-52)92(7,8)83-76(59)79-63-34-20-25-39-73(63)96-87(79)80-57-31-17-22-36-66(57)91(5,6)84(80)83)53-42-45-60-69(48-53)93(9,10)85-81(60)88-78(62-33-19-24-38-72(62)97-88)75-56-30-16-21-35-65(56)90(3,4)82(75)85/h11-49H,1-10H3. The Bertz CT molecular complexity index is 6290. The molecule has 3 heterocycles. The summed E-state index contributed by atoms with van der Waals surface area (Å²) in [6, 6.07) is 88.4. The summed E-state index contributed by atoms with van der Waals surface area (Å²) in [5.74, 6) is 0. The van der Waals surface area contributed by atoms with E-state index in [4.69, 9.17) is 13.3 Å². The van der Waals surface area contributed by atoms with E-state index >= 15 is 0 Å². The minimum absolute atomic E-state index is 0.271. The molecule has 0 saturated carbocycles. The van der Waals surface area contributed by atoms with Crippen molar-refractivity contribution in [3.8, 4) is 77.9 Å². The van der Waals surface area contributed by atoms with Gasteiger partial charge in [-0.15, -0.1) is 0 Å². The summed E-state index contributed by atoms with van der Waals surface area (Å²) >= 11 is 0. The average molecular weight is 1250 g/mol. The molecule has 5 aliphatic carbocycles. The maximum Gasteiger partial charge on any atom is 0.144 e. The first-order valence-corrected chi connectivity index (χ1v) is 34.6. The molecule has 0 N–H and O–H groups in total. The second-order valence-corrected chi connectivity index (χ2v) is 30.9. The molecule has 464 valence electrons. The number of hydrogen-bond acceptors (Lipinski definition) is 4. The Hall–Kier alpha value is -10.9. The van der Waals surface area contributed by atoms with E-state index in [1.807, 2.05) is 0 Å². The summed E-state index contributed by atoms with van der Waals surface area (Å²) in [5, 5.41) is 7.03. The van der Waals surface area contributed by atoms with Gasteiger partial charge in [-0.3, -0.25) is 0 Å². The molecule has 0 bridgehead atoms. The normalized spacial score (nSPS) is 16.1. The molecule has 0 fully saturated rings. The number of benzene rings is 13. The van der Waals surface area contributed by atoms with Crippen molar-refractivity contribution >= 4 is 82.9 Å². The van der Waals surface area contributed by atoms with Crippen LogP contribution in [0.25, 0.3) is 144 Å². The van der Waals surface area contributed by atoms with Crippen LogP contribution in [0.2, 0.25) is 0 Å². The van der Waals surface area contributed by atoms with E-state index in [2.05, 4.69) is 311 Å². The summed E-state index contributed by atoms with van der Waals surface area (Å²) in [6.45, 7) is 24.5. The van der Waals surface area contributed by atoms with Crippen molar-refractivity contribution in [2.45, 2.75) is 96.3 Å². The molecule has 0 unspecified atom stereocenters. The quantitative estimate of drug-likeness (QED) is 0.172. The third-order valence-corrected chi connectivity index (χ3v) is 24.1. The number of anilines is 3. The number of rotatable bonds is 5. The van der Waals surface area contributed by atoms with E-state index in [-0.39, 0.29) is 10.8 Å². The highest BCUT2D eigenvalue weighted by Gasteiger charge is 2.51. The summed E-state index contributed by atoms with van der Waals surface area (Å²) in [5.41, 5.74) is 37.7. The number of hydrogen-bond donors (Lipinski definition) is 0. The highest BCUT2D eigenvalue weighted by molar-refractivity contribution is 6.24. The monoisotopic (exact) mass is 1250 g/mol. The second kappa shape index (κ2) is 18.3. The van der Waals surface area contributed by atoms with Gasteiger partial charge in [0, 0.05) is 93.1 Å². The molecule has 4 nitrogen and oxygen atoms in total. The molecule has 0 aliphatic heterocycles. The van der Waals surface area contributed by atoms with Gasteiger partial charge in [0.05, 0.1) is 0 Å². The summed E-state index contributed by atoms with van der Waals surface area (Å²) in [6.07, 6.45) is 0. The van der Waals surface area contributed by atoms with Crippen molar-refractivity contribution < 1.29 is 13.3 Å². The van der Waals surface area contributed by atoms with Crippen LogP contribution < -0.4 is 4.90 Å². The Balaban J connectivity index is 0.808. The molecule has 0 saturated heterocycles. The van der Waals surface area contributed by atoms with Crippen LogP contribution in [0.5, 0.6) is 0 Å². The lowest BCUT2D eigenvalue weighted by Gasteiger charge is -2.33. The predicted octanol–water partition coefficient (Wildman–Crippen LogP) is 25.7. The van der Waals surface area contributed by atoms with Gasteiger partial charge in [-0.05, 0) is 177 Å². The minimum Gasteiger partial charge on any atom is -0.455 e. The molecule has 0 spiro atoms. The largest absolute Gasteiger partial charge is 0.455 e. The molecule has 97 heavy (non-hydrogen) atoms. The van der Waals surface area contributed by atoms with Gasteiger partial charge in [0.25, 0.3) is 0 Å². The third kappa shape index (κ3) is 6.79. The van der Waals surface area contributed by atoms with E-state index in [1.54, 1.807) is 0 Å². The first kappa shape index (κ1) is 55.4. The van der Waals surface area contributed by atoms with E-state index in [0.717, 1.165) is 83.2 Å². The second-order valence-electron chi connectivity index (χ2n) is 30.9. The van der Waals surface area contributed by atoms with Gasteiger partial charge >= 0.3 is 0 Å². The fourth-order valence-electron chi connectivity index (χ4n) is 19.8. The van der Waals surface area contributed by atoms with E-state index in [0.29, 0.717) is 0 Å². The first-order chi connectivity index (χ1) is 46.9. The van der Waals surface area contributed by atoms with E-state index < -0.39 is 16.2 Å². The molecule has 21 rings (SSSR count). The van der Waals surface area contributed by atoms with Crippen LogP contribution in [0.15, 0.2) is 250 Å². The van der Waals surface area contributed by atoms with Gasteiger partial charge in [-0.25, -0.2) is 0 Å². The van der Waals surface area contributed by atoms with Gasteiger partial charge in [-0.2, -0.15) is 0 Å². The molecule has 3 aromatic heterocycles. The zero-order valence-electron chi connectivity index (χ0n) is 56.2. The van der Waals surface area contributed by atoms with Crippen LogP contribution in [0.1, 0.15) is 125 Å². The van der Waals surface area contributed by atoms with Crippen LogP contribution >= 0.6 is 0 Å².